The van der Waals surface area contributed by atoms with Crippen molar-refractivity contribution in [1.82, 2.24) is 0 Å². The third-order valence-corrected chi connectivity index (χ3v) is 9.99. The topological polar surface area (TPSA) is 0 Å². The maximum atomic E-state index is 2.50. The summed E-state index contributed by atoms with van der Waals surface area (Å²) in [6, 6.07) is 21.1. The molecule has 0 aliphatic carbocycles. The first-order valence-corrected chi connectivity index (χ1v) is 10.5. The summed E-state index contributed by atoms with van der Waals surface area (Å²) in [6.07, 6.45) is 3.83. The first-order chi connectivity index (χ1) is 9.76. The van der Waals surface area contributed by atoms with Crippen molar-refractivity contribution in [2.45, 2.75) is 52.1 Å². The normalized spacial score (nSPS) is 9.79. The van der Waals surface area contributed by atoms with Gasteiger partial charge in [0.2, 0.25) is 0 Å². The van der Waals surface area contributed by atoms with Crippen molar-refractivity contribution in [2.75, 3.05) is 0 Å². The van der Waals surface area contributed by atoms with Gasteiger partial charge in [-0.15, -0.1) is 0 Å². The first-order valence-electron chi connectivity index (χ1n) is 8.08. The Balaban J connectivity index is -0.00000110. The molecule has 5 heteroatoms. The van der Waals surface area contributed by atoms with Gasteiger partial charge in [0.05, 0.1) is 8.07 Å². The van der Waals surface area contributed by atoms with Crippen molar-refractivity contribution in [3.05, 3.63) is 54.1 Å². The van der Waals surface area contributed by atoms with Gasteiger partial charge in [0.15, 0.2) is 0 Å². The van der Waals surface area contributed by atoms with Crippen LogP contribution in [0.3, 0.4) is 0 Å². The number of unbranched alkanes of at least 4 members (excludes halogenated alkanes) is 1. The van der Waals surface area contributed by atoms with Crippen LogP contribution in [0.1, 0.15) is 39.2 Å². The van der Waals surface area contributed by atoms with Crippen LogP contribution in [0.15, 0.2) is 48.5 Å². The van der Waals surface area contributed by atoms with Crippen LogP contribution in [0.2, 0.25) is 12.1 Å². The fraction of sp³-hybridized carbons (Fsp3) is 0.421. The van der Waals surface area contributed by atoms with Gasteiger partial charge in [0.25, 0.3) is 0 Å². The van der Waals surface area contributed by atoms with Gasteiger partial charge in [-0.1, -0.05) is 87.6 Å². The number of benzene rings is 1. The van der Waals surface area contributed by atoms with Crippen molar-refractivity contribution in [3.63, 3.8) is 0 Å². The molecule has 0 N–H and O–H groups in total. The fourth-order valence-electron chi connectivity index (χ4n) is 3.32. The van der Waals surface area contributed by atoms with Crippen LogP contribution >= 0.6 is 0 Å². The van der Waals surface area contributed by atoms with Gasteiger partial charge < -0.3 is 37.2 Å². The fourth-order valence-corrected chi connectivity index (χ4v) is 7.48. The Bertz CT molecular complexity index is 524. The van der Waals surface area contributed by atoms with E-state index in [0.29, 0.717) is 0 Å². The van der Waals surface area contributed by atoms with Crippen LogP contribution in [0.5, 0.6) is 0 Å². The molecule has 2 aromatic carbocycles. The standard InChI is InChI=1S/C19H27Si.3ClH.Ti/c1-4-7-11-17-14-15-19(16-17)20(5-2,6-3)18-12-9-8-10-13-18;;;;/h8-10,12-16H,4-7,11H2,1-3H3;3*1H;/q-1;;;;+4/p-3. The number of rotatable bonds is 7. The third kappa shape index (κ3) is 6.59. The van der Waals surface area contributed by atoms with Gasteiger partial charge in [-0.25, -0.2) is 6.07 Å². The van der Waals surface area contributed by atoms with Crippen LogP contribution in [0.4, 0.5) is 0 Å². The van der Waals surface area contributed by atoms with Gasteiger partial charge in [0, 0.05) is 0 Å². The summed E-state index contributed by atoms with van der Waals surface area (Å²) in [7, 11) is -1.51. The summed E-state index contributed by atoms with van der Waals surface area (Å²) >= 11 is 0. The first kappa shape index (κ1) is 29.1. The maximum Gasteiger partial charge on any atom is 4.00 e. The van der Waals surface area contributed by atoms with Crippen molar-refractivity contribution >= 4 is 18.4 Å². The molecule has 0 aliphatic rings. The van der Waals surface area contributed by atoms with Gasteiger partial charge in [-0.2, -0.15) is 22.9 Å². The molecular weight excluding hydrogens is 411 g/mol. The molecule has 2 rings (SSSR count). The predicted octanol–water partition coefficient (Wildman–Crippen LogP) is -4.64. The van der Waals surface area contributed by atoms with E-state index >= 15 is 0 Å². The van der Waals surface area contributed by atoms with Gasteiger partial charge in [-0.05, 0) is 0 Å². The van der Waals surface area contributed by atoms with Gasteiger partial charge in [0.1, 0.15) is 0 Å². The van der Waals surface area contributed by atoms with Crippen molar-refractivity contribution in [1.29, 1.82) is 0 Å². The summed E-state index contributed by atoms with van der Waals surface area (Å²) < 4.78 is 0. The Morgan fingerprint density at radius 3 is 1.96 bits per heavy atom. The maximum absolute atomic E-state index is 2.50. The monoisotopic (exact) mass is 436 g/mol. The molecule has 0 heterocycles. The van der Waals surface area contributed by atoms with Crippen LogP contribution < -0.4 is 47.6 Å². The molecular formula is C19H27Cl3SiTi. The Morgan fingerprint density at radius 2 is 1.46 bits per heavy atom. The molecule has 0 fully saturated rings. The third-order valence-electron chi connectivity index (χ3n) is 4.72. The minimum atomic E-state index is -1.51. The number of halogens is 3. The number of hydrogen-bond acceptors (Lipinski definition) is 0. The molecule has 24 heavy (non-hydrogen) atoms. The van der Waals surface area contributed by atoms with E-state index in [4.69, 9.17) is 0 Å². The van der Waals surface area contributed by atoms with E-state index < -0.39 is 8.07 Å². The summed E-state index contributed by atoms with van der Waals surface area (Å²) in [5, 5.41) is 3.23. The van der Waals surface area contributed by atoms with E-state index in [-0.39, 0.29) is 58.9 Å². The summed E-state index contributed by atoms with van der Waals surface area (Å²) in [5.41, 5.74) is 1.54. The zero-order valence-corrected chi connectivity index (χ0v) is 19.6. The Kier molecular flexibility index (Phi) is 17.6. The number of aryl methyl sites for hydroxylation is 1. The molecule has 0 saturated heterocycles. The molecule has 0 aromatic heterocycles. The molecule has 0 saturated carbocycles. The van der Waals surface area contributed by atoms with Gasteiger partial charge >= 0.3 is 21.7 Å². The van der Waals surface area contributed by atoms with Crippen molar-refractivity contribution in [3.8, 4) is 0 Å². The molecule has 0 atom stereocenters. The molecule has 0 bridgehead atoms. The summed E-state index contributed by atoms with van der Waals surface area (Å²) in [4.78, 5) is 0. The van der Waals surface area contributed by atoms with Gasteiger partial charge in [-0.3, -0.25) is 0 Å². The smallest absolute Gasteiger partial charge is 1.00 e. The second-order valence-electron chi connectivity index (χ2n) is 5.77. The molecule has 132 valence electrons. The van der Waals surface area contributed by atoms with Crippen molar-refractivity contribution in [2.24, 2.45) is 0 Å². The van der Waals surface area contributed by atoms with Crippen molar-refractivity contribution < 1.29 is 58.9 Å². The van der Waals surface area contributed by atoms with E-state index in [1.165, 1.54) is 36.9 Å². The molecule has 0 amide bonds. The number of hydrogen-bond donors (Lipinski definition) is 0. The van der Waals surface area contributed by atoms with E-state index in [2.05, 4.69) is 69.3 Å². The SMILES string of the molecule is CCCCc1cc[c-]([Si](CC)(CC)c2ccccc2)c1.[Cl-].[Cl-].[Cl-].[Ti+4]. The zero-order valence-electron chi connectivity index (χ0n) is 14.8. The molecule has 0 nitrogen and oxygen atoms in total. The molecule has 0 unspecified atom stereocenters. The van der Waals surface area contributed by atoms with Crippen LogP contribution in [-0.2, 0) is 28.1 Å². The molecule has 0 aliphatic heterocycles. The van der Waals surface area contributed by atoms with Crippen LogP contribution in [0, 0.1) is 0 Å². The molecule has 2 aromatic rings. The second-order valence-corrected chi connectivity index (χ2v) is 10.5. The summed E-state index contributed by atoms with van der Waals surface area (Å²) in [5.74, 6) is 0. The summed E-state index contributed by atoms with van der Waals surface area (Å²) in [6.45, 7) is 7.02. The van der Waals surface area contributed by atoms with Crippen LogP contribution in [0.25, 0.3) is 0 Å². The second kappa shape index (κ2) is 14.5. The quantitative estimate of drug-likeness (QED) is 0.302. The minimum Gasteiger partial charge on any atom is -1.00 e. The van der Waals surface area contributed by atoms with E-state index in [1.54, 1.807) is 10.4 Å². The average Bonchev–Trinajstić information content (AvgIpc) is 2.97. The largest absolute Gasteiger partial charge is 4.00 e. The van der Waals surface area contributed by atoms with E-state index in [1.807, 2.05) is 0 Å². The Hall–Kier alpha value is 0.371. The van der Waals surface area contributed by atoms with E-state index in [0.717, 1.165) is 0 Å². The zero-order chi connectivity index (χ0) is 14.4. The predicted molar refractivity (Wildman–Crippen MR) is 93.1 cm³/mol. The average molecular weight is 438 g/mol. The molecule has 0 spiro atoms. The van der Waals surface area contributed by atoms with E-state index in [9.17, 15) is 0 Å². The Morgan fingerprint density at radius 1 is 0.875 bits per heavy atom. The molecule has 0 radical (unpaired) electrons. The minimum absolute atomic E-state index is 0. The van der Waals surface area contributed by atoms with Crippen LogP contribution in [-0.4, -0.2) is 8.07 Å². The Labute approximate surface area is 182 Å².